The Balaban J connectivity index is 2.93. The zero-order chi connectivity index (χ0) is 10.1. The van der Waals surface area contributed by atoms with Crippen LogP contribution in [0.5, 0.6) is 0 Å². The Morgan fingerprint density at radius 2 is 2.38 bits per heavy atom. The molecule has 1 atom stereocenters. The summed E-state index contributed by atoms with van der Waals surface area (Å²) in [5.41, 5.74) is 0. The van der Waals surface area contributed by atoms with Gasteiger partial charge in [0, 0.05) is 13.3 Å². The van der Waals surface area contributed by atoms with E-state index in [9.17, 15) is 13.6 Å². The smallest absolute Gasteiger partial charge is 0.308 e. The van der Waals surface area contributed by atoms with Gasteiger partial charge in [-0.05, 0) is 28.7 Å². The van der Waals surface area contributed by atoms with E-state index in [0.717, 1.165) is 6.92 Å². The number of allylic oxidation sites excluding steroid dienone is 3. The predicted molar refractivity (Wildman–Crippen MR) is 51.5 cm³/mol. The normalized spacial score (nSPS) is 27.7. The van der Waals surface area contributed by atoms with Crippen molar-refractivity contribution in [2.45, 2.75) is 17.0 Å². The minimum atomic E-state index is -2.09. The van der Waals surface area contributed by atoms with E-state index < -0.39 is 15.5 Å². The number of rotatable bonds is 1. The van der Waals surface area contributed by atoms with Crippen molar-refractivity contribution in [3.63, 3.8) is 0 Å². The van der Waals surface area contributed by atoms with E-state index in [2.05, 4.69) is 4.74 Å². The van der Waals surface area contributed by atoms with Crippen LogP contribution in [0.25, 0.3) is 0 Å². The summed E-state index contributed by atoms with van der Waals surface area (Å²) in [7, 11) is 0. The molecule has 0 radical (unpaired) electrons. The molecule has 0 amide bonds. The van der Waals surface area contributed by atoms with Crippen LogP contribution in [-0.4, -0.2) is 9.64 Å². The first-order valence-electron chi connectivity index (χ1n) is 3.56. The number of alkyl halides is 2. The summed E-state index contributed by atoms with van der Waals surface area (Å²) in [5.74, 6) is -2.04. The van der Waals surface area contributed by atoms with Crippen LogP contribution in [0.1, 0.15) is 13.3 Å². The molecule has 1 rings (SSSR count). The highest BCUT2D eigenvalue weighted by Crippen LogP contribution is 2.40. The lowest BCUT2D eigenvalue weighted by Crippen LogP contribution is -2.19. The van der Waals surface area contributed by atoms with Crippen LogP contribution in [-0.2, 0) is 9.53 Å². The molecule has 0 spiro atoms. The van der Waals surface area contributed by atoms with Crippen molar-refractivity contribution in [1.82, 2.24) is 0 Å². The number of halogens is 3. The van der Waals surface area contributed by atoms with Gasteiger partial charge in [-0.2, -0.15) is 0 Å². The maximum absolute atomic E-state index is 13.3. The van der Waals surface area contributed by atoms with Gasteiger partial charge in [-0.1, -0.05) is 6.08 Å². The molecule has 0 aromatic rings. The van der Waals surface area contributed by atoms with Crippen LogP contribution in [0.15, 0.2) is 23.7 Å². The molecule has 0 heterocycles. The number of ether oxygens (including phenoxy) is 1. The Hall–Kier alpha value is -0.460. The summed E-state index contributed by atoms with van der Waals surface area (Å²) in [4.78, 5) is 10.5. The molecule has 0 aromatic heterocycles. The summed E-state index contributed by atoms with van der Waals surface area (Å²) in [6, 6.07) is 0. The highest BCUT2D eigenvalue weighted by molar-refractivity contribution is 14.1. The molecular weight excluding hydrogens is 293 g/mol. The maximum Gasteiger partial charge on any atom is 0.308 e. The molecule has 0 saturated heterocycles. The molecule has 0 N–H and O–H groups in total. The third-order valence-corrected chi connectivity index (χ3v) is 2.35. The van der Waals surface area contributed by atoms with E-state index in [4.69, 9.17) is 0 Å². The van der Waals surface area contributed by atoms with E-state index in [1.165, 1.54) is 34.7 Å². The SMILES string of the molecule is CC(=O)OC1=C(F)C(F)(I)CC=C1. The fourth-order valence-corrected chi connectivity index (χ4v) is 1.41. The number of hydrogen-bond acceptors (Lipinski definition) is 2. The Morgan fingerprint density at radius 1 is 1.77 bits per heavy atom. The van der Waals surface area contributed by atoms with Gasteiger partial charge in [0.05, 0.1) is 0 Å². The predicted octanol–water partition coefficient (Wildman–Crippen LogP) is 2.79. The largest absolute Gasteiger partial charge is 0.424 e. The molecule has 1 unspecified atom stereocenters. The van der Waals surface area contributed by atoms with Gasteiger partial charge in [0.1, 0.15) is 0 Å². The van der Waals surface area contributed by atoms with Gasteiger partial charge < -0.3 is 4.74 Å². The average molecular weight is 300 g/mol. The van der Waals surface area contributed by atoms with Crippen molar-refractivity contribution >= 4 is 28.6 Å². The average Bonchev–Trinajstić information content (AvgIpc) is 1.98. The maximum atomic E-state index is 13.3. The van der Waals surface area contributed by atoms with Gasteiger partial charge in [0.15, 0.2) is 11.6 Å². The van der Waals surface area contributed by atoms with Gasteiger partial charge in [-0.15, -0.1) is 0 Å². The number of esters is 1. The molecule has 1 aliphatic carbocycles. The third kappa shape index (κ3) is 2.49. The number of carbonyl (C=O) groups is 1. The van der Waals surface area contributed by atoms with Crippen LogP contribution >= 0.6 is 22.6 Å². The van der Waals surface area contributed by atoms with Crippen molar-refractivity contribution in [1.29, 1.82) is 0 Å². The minimum absolute atomic E-state index is 0.0514. The van der Waals surface area contributed by atoms with Crippen LogP contribution in [0.4, 0.5) is 8.78 Å². The fraction of sp³-hybridized carbons (Fsp3) is 0.375. The van der Waals surface area contributed by atoms with Crippen molar-refractivity contribution in [2.24, 2.45) is 0 Å². The second-order valence-electron chi connectivity index (χ2n) is 2.58. The Bertz CT molecular complexity index is 295. The lowest BCUT2D eigenvalue weighted by atomic mass is 10.1. The number of carbonyl (C=O) groups excluding carboxylic acids is 1. The molecule has 1 aliphatic rings. The minimum Gasteiger partial charge on any atom is -0.424 e. The zero-order valence-corrected chi connectivity index (χ0v) is 8.97. The lowest BCUT2D eigenvalue weighted by molar-refractivity contribution is -0.136. The van der Waals surface area contributed by atoms with E-state index in [0.29, 0.717) is 0 Å². The second kappa shape index (κ2) is 3.73. The molecule has 2 nitrogen and oxygen atoms in total. The van der Waals surface area contributed by atoms with Gasteiger partial charge in [-0.25, -0.2) is 8.78 Å². The summed E-state index contributed by atoms with van der Waals surface area (Å²) in [5, 5.41) is 0. The molecule has 0 aliphatic heterocycles. The highest BCUT2D eigenvalue weighted by Gasteiger charge is 2.36. The molecule has 5 heteroatoms. The van der Waals surface area contributed by atoms with E-state index in [-0.39, 0.29) is 12.2 Å². The fourth-order valence-electron chi connectivity index (χ4n) is 0.891. The number of hydrogen-bond donors (Lipinski definition) is 0. The topological polar surface area (TPSA) is 26.3 Å². The first-order valence-corrected chi connectivity index (χ1v) is 4.64. The molecule has 0 fully saturated rings. The molecule has 13 heavy (non-hydrogen) atoms. The third-order valence-electron chi connectivity index (χ3n) is 1.43. The van der Waals surface area contributed by atoms with Crippen molar-refractivity contribution in [3.8, 4) is 0 Å². The van der Waals surface area contributed by atoms with Crippen LogP contribution in [0, 0.1) is 0 Å². The summed E-state index contributed by atoms with van der Waals surface area (Å²) >= 11 is 1.34. The summed E-state index contributed by atoms with van der Waals surface area (Å²) in [6.07, 6.45) is 2.63. The zero-order valence-electron chi connectivity index (χ0n) is 6.81. The Kier molecular flexibility index (Phi) is 3.05. The van der Waals surface area contributed by atoms with E-state index >= 15 is 0 Å². The van der Waals surface area contributed by atoms with Crippen molar-refractivity contribution in [3.05, 3.63) is 23.7 Å². The van der Waals surface area contributed by atoms with Gasteiger partial charge >= 0.3 is 5.97 Å². The van der Waals surface area contributed by atoms with E-state index in [1.807, 2.05) is 0 Å². The quantitative estimate of drug-likeness (QED) is 0.423. The Labute approximate surface area is 87.8 Å². The van der Waals surface area contributed by atoms with Crippen LogP contribution in [0.2, 0.25) is 0 Å². The standard InChI is InChI=1S/C8H7F2IO2/c1-5(12)13-6-3-2-4-8(10,11)7(6)9/h2-3H,4H2,1H3. The molecule has 0 bridgehead atoms. The first-order chi connectivity index (χ1) is 5.93. The monoisotopic (exact) mass is 300 g/mol. The van der Waals surface area contributed by atoms with Gasteiger partial charge in [-0.3, -0.25) is 4.79 Å². The molecule has 0 saturated carbocycles. The van der Waals surface area contributed by atoms with Gasteiger partial charge in [0.2, 0.25) is 3.68 Å². The first kappa shape index (κ1) is 10.6. The second-order valence-corrected chi connectivity index (χ2v) is 4.29. The molecular formula is C8H7F2IO2. The van der Waals surface area contributed by atoms with Crippen molar-refractivity contribution in [2.75, 3.05) is 0 Å². The van der Waals surface area contributed by atoms with E-state index in [1.54, 1.807) is 0 Å². The summed E-state index contributed by atoms with van der Waals surface area (Å²) < 4.78 is 28.8. The summed E-state index contributed by atoms with van der Waals surface area (Å²) in [6.45, 7) is 1.13. The lowest BCUT2D eigenvalue weighted by Gasteiger charge is -2.19. The highest BCUT2D eigenvalue weighted by atomic mass is 127. The molecule has 72 valence electrons. The Morgan fingerprint density at radius 3 is 2.92 bits per heavy atom. The van der Waals surface area contributed by atoms with Crippen molar-refractivity contribution < 1.29 is 18.3 Å². The van der Waals surface area contributed by atoms with Gasteiger partial charge in [0.25, 0.3) is 0 Å². The van der Waals surface area contributed by atoms with Crippen LogP contribution in [0.3, 0.4) is 0 Å². The van der Waals surface area contributed by atoms with Crippen LogP contribution < -0.4 is 0 Å². The molecule has 0 aromatic carbocycles.